The predicted molar refractivity (Wildman–Crippen MR) is 68.3 cm³/mol. The van der Waals surface area contributed by atoms with E-state index in [9.17, 15) is 8.42 Å². The third-order valence-electron chi connectivity index (χ3n) is 4.57. The van der Waals surface area contributed by atoms with Gasteiger partial charge in [-0.05, 0) is 24.7 Å². The average molecular weight is 274 g/mol. The van der Waals surface area contributed by atoms with Gasteiger partial charge in [0.2, 0.25) is 0 Å². The fourth-order valence-corrected chi connectivity index (χ4v) is 5.19. The molecule has 0 unspecified atom stereocenters. The normalized spacial score (nSPS) is 35.6. The molecule has 5 nitrogen and oxygen atoms in total. The van der Waals surface area contributed by atoms with Crippen molar-refractivity contribution in [3.8, 4) is 0 Å². The maximum atomic E-state index is 12.5. The van der Waals surface area contributed by atoms with Crippen LogP contribution >= 0.6 is 0 Å². The molecule has 1 saturated carbocycles. The molecule has 2 atom stereocenters. The van der Waals surface area contributed by atoms with E-state index in [4.69, 9.17) is 4.74 Å². The van der Waals surface area contributed by atoms with E-state index in [0.717, 1.165) is 13.1 Å². The zero-order valence-electron chi connectivity index (χ0n) is 10.8. The molecule has 3 aliphatic rings. The van der Waals surface area contributed by atoms with Gasteiger partial charge in [-0.15, -0.1) is 0 Å². The molecule has 0 amide bonds. The molecule has 3 rings (SSSR count). The molecule has 0 spiro atoms. The first kappa shape index (κ1) is 12.8. The molecule has 1 aliphatic carbocycles. The van der Waals surface area contributed by atoms with Crippen LogP contribution in [-0.2, 0) is 14.9 Å². The Morgan fingerprint density at radius 3 is 2.00 bits per heavy atom. The van der Waals surface area contributed by atoms with Gasteiger partial charge in [-0.1, -0.05) is 12.8 Å². The zero-order valence-corrected chi connectivity index (χ0v) is 11.6. The summed E-state index contributed by atoms with van der Waals surface area (Å²) in [5, 5.41) is 0. The Morgan fingerprint density at radius 1 is 0.889 bits per heavy atom. The fourth-order valence-electron chi connectivity index (χ4n) is 3.49. The van der Waals surface area contributed by atoms with Crippen molar-refractivity contribution >= 4 is 10.2 Å². The second-order valence-electron chi connectivity index (χ2n) is 5.64. The number of fused-ring (bicyclic) bond motifs is 1. The lowest BCUT2D eigenvalue weighted by molar-refractivity contribution is 0.0705. The summed E-state index contributed by atoms with van der Waals surface area (Å²) in [6, 6.07) is 0. The van der Waals surface area contributed by atoms with Gasteiger partial charge in [0.15, 0.2) is 0 Å². The lowest BCUT2D eigenvalue weighted by Crippen LogP contribution is -2.48. The molecule has 0 aromatic carbocycles. The molecule has 0 aromatic rings. The Labute approximate surface area is 109 Å². The number of morpholine rings is 1. The SMILES string of the molecule is O=S(=O)(N1CCOCC1)N1C[C@H]2CCCC[C@@H]2C1. The highest BCUT2D eigenvalue weighted by molar-refractivity contribution is 7.86. The van der Waals surface area contributed by atoms with Crippen LogP contribution in [0.4, 0.5) is 0 Å². The lowest BCUT2D eigenvalue weighted by atomic mass is 9.82. The van der Waals surface area contributed by atoms with Crippen LogP contribution in [0.5, 0.6) is 0 Å². The summed E-state index contributed by atoms with van der Waals surface area (Å²) in [6.07, 6.45) is 4.96. The van der Waals surface area contributed by atoms with Gasteiger partial charge in [0.05, 0.1) is 13.2 Å². The molecule has 2 saturated heterocycles. The summed E-state index contributed by atoms with van der Waals surface area (Å²) in [5.41, 5.74) is 0. The number of rotatable bonds is 2. The van der Waals surface area contributed by atoms with Crippen LogP contribution in [0.25, 0.3) is 0 Å². The topological polar surface area (TPSA) is 49.9 Å². The van der Waals surface area contributed by atoms with Gasteiger partial charge in [0.1, 0.15) is 0 Å². The molecule has 0 aromatic heterocycles. The minimum Gasteiger partial charge on any atom is -0.379 e. The molecule has 104 valence electrons. The minimum atomic E-state index is -3.23. The third-order valence-corrected chi connectivity index (χ3v) is 6.53. The summed E-state index contributed by atoms with van der Waals surface area (Å²) in [4.78, 5) is 0. The Kier molecular flexibility index (Phi) is 3.62. The van der Waals surface area contributed by atoms with Gasteiger partial charge in [-0.25, -0.2) is 0 Å². The second-order valence-corrected chi connectivity index (χ2v) is 7.57. The Hall–Kier alpha value is -0.170. The van der Waals surface area contributed by atoms with Crippen LogP contribution in [0.2, 0.25) is 0 Å². The van der Waals surface area contributed by atoms with Gasteiger partial charge in [-0.2, -0.15) is 17.0 Å². The van der Waals surface area contributed by atoms with E-state index in [1.54, 1.807) is 8.61 Å². The molecule has 0 bridgehead atoms. The molecule has 2 aliphatic heterocycles. The van der Waals surface area contributed by atoms with E-state index < -0.39 is 10.2 Å². The fraction of sp³-hybridized carbons (Fsp3) is 1.00. The first-order valence-electron chi connectivity index (χ1n) is 7.01. The van der Waals surface area contributed by atoms with Crippen molar-refractivity contribution in [2.75, 3.05) is 39.4 Å². The maximum absolute atomic E-state index is 12.5. The maximum Gasteiger partial charge on any atom is 0.282 e. The number of ether oxygens (including phenoxy) is 1. The van der Waals surface area contributed by atoms with Crippen LogP contribution in [-0.4, -0.2) is 56.4 Å². The molecular formula is C12H22N2O3S. The van der Waals surface area contributed by atoms with Crippen molar-refractivity contribution in [3.05, 3.63) is 0 Å². The standard InChI is InChI=1S/C12H22N2O3S/c15-18(16,13-5-7-17-8-6-13)14-9-11-3-1-2-4-12(11)10-14/h11-12H,1-10H2/t11-,12-/m1/s1. The zero-order chi connectivity index (χ0) is 12.6. The molecule has 6 heteroatoms. The van der Waals surface area contributed by atoms with Crippen molar-refractivity contribution in [3.63, 3.8) is 0 Å². The van der Waals surface area contributed by atoms with E-state index in [2.05, 4.69) is 0 Å². The molecule has 0 N–H and O–H groups in total. The van der Waals surface area contributed by atoms with Gasteiger partial charge >= 0.3 is 0 Å². The number of hydrogen-bond acceptors (Lipinski definition) is 3. The quantitative estimate of drug-likeness (QED) is 0.744. The first-order valence-corrected chi connectivity index (χ1v) is 8.40. The Bertz CT molecular complexity index is 378. The van der Waals surface area contributed by atoms with Crippen molar-refractivity contribution in [1.29, 1.82) is 0 Å². The molecule has 18 heavy (non-hydrogen) atoms. The molecule has 2 heterocycles. The van der Waals surface area contributed by atoms with Crippen molar-refractivity contribution in [2.45, 2.75) is 25.7 Å². The number of hydrogen-bond donors (Lipinski definition) is 0. The highest BCUT2D eigenvalue weighted by Crippen LogP contribution is 2.37. The van der Waals surface area contributed by atoms with Crippen LogP contribution in [0.3, 0.4) is 0 Å². The summed E-state index contributed by atoms with van der Waals surface area (Å²) in [5.74, 6) is 1.21. The second kappa shape index (κ2) is 5.07. The van der Waals surface area contributed by atoms with Crippen LogP contribution in [0, 0.1) is 11.8 Å². The molecule has 0 radical (unpaired) electrons. The summed E-state index contributed by atoms with van der Waals surface area (Å²) >= 11 is 0. The Morgan fingerprint density at radius 2 is 1.44 bits per heavy atom. The summed E-state index contributed by atoms with van der Waals surface area (Å²) < 4.78 is 33.6. The van der Waals surface area contributed by atoms with Gasteiger partial charge in [-0.3, -0.25) is 0 Å². The van der Waals surface area contributed by atoms with Crippen LogP contribution < -0.4 is 0 Å². The van der Waals surface area contributed by atoms with Crippen LogP contribution in [0.1, 0.15) is 25.7 Å². The monoisotopic (exact) mass is 274 g/mol. The predicted octanol–water partition coefficient (Wildman–Crippen LogP) is 0.685. The van der Waals surface area contributed by atoms with Crippen molar-refractivity contribution in [1.82, 2.24) is 8.61 Å². The minimum absolute atomic E-state index is 0.508. The summed E-state index contributed by atoms with van der Waals surface area (Å²) in [7, 11) is -3.23. The molecular weight excluding hydrogens is 252 g/mol. The Balaban J connectivity index is 1.70. The highest BCUT2D eigenvalue weighted by atomic mass is 32.2. The van der Waals surface area contributed by atoms with Crippen LogP contribution in [0.15, 0.2) is 0 Å². The first-order chi connectivity index (χ1) is 8.68. The highest BCUT2D eigenvalue weighted by Gasteiger charge is 2.41. The summed E-state index contributed by atoms with van der Waals surface area (Å²) in [6.45, 7) is 3.55. The van der Waals surface area contributed by atoms with E-state index in [1.807, 2.05) is 0 Å². The van der Waals surface area contributed by atoms with Gasteiger partial charge in [0, 0.05) is 26.2 Å². The van der Waals surface area contributed by atoms with Crippen molar-refractivity contribution < 1.29 is 13.2 Å². The van der Waals surface area contributed by atoms with Gasteiger partial charge in [0.25, 0.3) is 10.2 Å². The van der Waals surface area contributed by atoms with Gasteiger partial charge < -0.3 is 4.74 Å². The van der Waals surface area contributed by atoms with E-state index in [1.165, 1.54) is 25.7 Å². The number of nitrogens with zero attached hydrogens (tertiary/aromatic N) is 2. The largest absolute Gasteiger partial charge is 0.379 e. The molecule has 3 fully saturated rings. The average Bonchev–Trinajstić information content (AvgIpc) is 2.84. The smallest absolute Gasteiger partial charge is 0.282 e. The lowest BCUT2D eigenvalue weighted by Gasteiger charge is -2.30. The van der Waals surface area contributed by atoms with E-state index in [-0.39, 0.29) is 0 Å². The van der Waals surface area contributed by atoms with Crippen molar-refractivity contribution in [2.24, 2.45) is 11.8 Å². The van der Waals surface area contributed by atoms with E-state index >= 15 is 0 Å². The van der Waals surface area contributed by atoms with E-state index in [0.29, 0.717) is 38.1 Å². The third kappa shape index (κ3) is 2.31.